The molecule has 0 saturated carbocycles. The quantitative estimate of drug-likeness (QED) is 0.836. The summed E-state index contributed by atoms with van der Waals surface area (Å²) < 4.78 is 10.9. The first-order valence-corrected chi connectivity index (χ1v) is 8.39. The van der Waals surface area contributed by atoms with Crippen molar-refractivity contribution >= 4 is 11.7 Å². The minimum absolute atomic E-state index is 0.0537. The van der Waals surface area contributed by atoms with Crippen LogP contribution in [0.5, 0.6) is 0 Å². The third kappa shape index (κ3) is 3.35. The second-order valence-corrected chi connectivity index (χ2v) is 6.18. The molecule has 132 valence electrons. The number of likely N-dealkylation sites (N-methyl/N-ethyl adjacent to an activating group) is 1. The summed E-state index contributed by atoms with van der Waals surface area (Å²) in [6, 6.07) is 0.0537. The van der Waals surface area contributed by atoms with Crippen LogP contribution in [0, 0.1) is 0 Å². The molecule has 2 fully saturated rings. The molecule has 0 radical (unpaired) electrons. The van der Waals surface area contributed by atoms with Gasteiger partial charge in [0.25, 0.3) is 5.91 Å². The van der Waals surface area contributed by atoms with Gasteiger partial charge in [0.2, 0.25) is 0 Å². The van der Waals surface area contributed by atoms with E-state index >= 15 is 0 Å². The van der Waals surface area contributed by atoms with E-state index in [2.05, 4.69) is 21.8 Å². The molecular weight excluding hydrogens is 310 g/mol. The highest BCUT2D eigenvalue weighted by molar-refractivity contribution is 5.98. The molecule has 0 aromatic carbocycles. The molecule has 2 atom stereocenters. The molecule has 3 rings (SSSR count). The predicted molar refractivity (Wildman–Crippen MR) is 88.5 cm³/mol. The van der Waals surface area contributed by atoms with Crippen LogP contribution in [0.4, 0.5) is 5.82 Å². The molecule has 1 aromatic rings. The Morgan fingerprint density at radius 1 is 1.50 bits per heavy atom. The summed E-state index contributed by atoms with van der Waals surface area (Å²) >= 11 is 0. The highest BCUT2D eigenvalue weighted by Gasteiger charge is 2.39. The standard InChI is InChI=1S/C16H25N5O3/c1-3-20-5-4-13-12(9-20)21(6-7-24-13)16(22)11-8-18-14(10-23-2)19-15(11)17/h8,12-13H,3-7,9-10H2,1-2H3,(H2,17,18,19)/t12-,13+/m0/s1. The van der Waals surface area contributed by atoms with Gasteiger partial charge in [0.15, 0.2) is 5.82 Å². The number of piperidine rings is 1. The number of likely N-dealkylation sites (tertiary alicyclic amines) is 1. The van der Waals surface area contributed by atoms with Crippen molar-refractivity contribution in [2.24, 2.45) is 0 Å². The lowest BCUT2D eigenvalue weighted by Gasteiger charge is -2.46. The van der Waals surface area contributed by atoms with Crippen LogP contribution in [0.1, 0.15) is 29.5 Å². The van der Waals surface area contributed by atoms with E-state index in [0.717, 1.165) is 26.1 Å². The number of nitrogens with two attached hydrogens (primary N) is 1. The van der Waals surface area contributed by atoms with Crippen LogP contribution in [0.2, 0.25) is 0 Å². The number of carbonyl (C=O) groups excluding carboxylic acids is 1. The van der Waals surface area contributed by atoms with E-state index in [1.54, 1.807) is 7.11 Å². The fourth-order valence-electron chi connectivity index (χ4n) is 3.43. The van der Waals surface area contributed by atoms with Gasteiger partial charge in [0.1, 0.15) is 18.0 Å². The Kier molecular flexibility index (Phi) is 5.27. The number of nitrogens with zero attached hydrogens (tertiary/aromatic N) is 4. The van der Waals surface area contributed by atoms with Crippen molar-refractivity contribution in [3.63, 3.8) is 0 Å². The number of carbonyl (C=O) groups is 1. The lowest BCUT2D eigenvalue weighted by atomic mass is 9.98. The number of fused-ring (bicyclic) bond motifs is 1. The Balaban J connectivity index is 1.80. The number of morpholine rings is 1. The number of anilines is 1. The average molecular weight is 335 g/mol. The van der Waals surface area contributed by atoms with Gasteiger partial charge in [-0.25, -0.2) is 9.97 Å². The maximum atomic E-state index is 13.0. The van der Waals surface area contributed by atoms with Crippen LogP contribution in [-0.4, -0.2) is 77.7 Å². The summed E-state index contributed by atoms with van der Waals surface area (Å²) in [6.07, 6.45) is 2.55. The number of aromatic nitrogens is 2. The maximum absolute atomic E-state index is 13.0. The first-order valence-electron chi connectivity index (χ1n) is 8.39. The second kappa shape index (κ2) is 7.42. The predicted octanol–water partition coefficient (Wildman–Crippen LogP) is 0.140. The van der Waals surface area contributed by atoms with Gasteiger partial charge in [-0.05, 0) is 13.0 Å². The van der Waals surface area contributed by atoms with Gasteiger partial charge in [-0.1, -0.05) is 6.92 Å². The van der Waals surface area contributed by atoms with Crippen LogP contribution in [0.3, 0.4) is 0 Å². The van der Waals surface area contributed by atoms with Crippen molar-refractivity contribution in [3.05, 3.63) is 17.6 Å². The number of amides is 1. The third-order valence-corrected chi connectivity index (χ3v) is 4.75. The Bertz CT molecular complexity index is 597. The highest BCUT2D eigenvalue weighted by atomic mass is 16.5. The zero-order valence-corrected chi connectivity index (χ0v) is 14.3. The molecule has 0 aliphatic carbocycles. The number of nitrogen functional groups attached to an aromatic ring is 1. The Labute approximate surface area is 141 Å². The maximum Gasteiger partial charge on any atom is 0.259 e. The Morgan fingerprint density at radius 3 is 3.04 bits per heavy atom. The zero-order chi connectivity index (χ0) is 17.1. The van der Waals surface area contributed by atoms with Crippen molar-refractivity contribution in [2.45, 2.75) is 32.1 Å². The molecule has 8 nitrogen and oxygen atoms in total. The largest absolute Gasteiger partial charge is 0.383 e. The molecule has 0 spiro atoms. The SMILES string of the molecule is CCN1CC[C@H]2OCCN(C(=O)c3cnc(COC)nc3N)[C@H]2C1. The van der Waals surface area contributed by atoms with Gasteiger partial charge in [-0.2, -0.15) is 0 Å². The number of hydrogen-bond acceptors (Lipinski definition) is 7. The molecule has 8 heteroatoms. The van der Waals surface area contributed by atoms with E-state index in [1.807, 2.05) is 4.90 Å². The third-order valence-electron chi connectivity index (χ3n) is 4.75. The number of hydrogen-bond donors (Lipinski definition) is 1. The normalized spacial score (nSPS) is 24.7. The fraction of sp³-hybridized carbons (Fsp3) is 0.688. The van der Waals surface area contributed by atoms with Crippen LogP contribution in [-0.2, 0) is 16.1 Å². The van der Waals surface area contributed by atoms with Crippen molar-refractivity contribution in [1.29, 1.82) is 0 Å². The highest BCUT2D eigenvalue weighted by Crippen LogP contribution is 2.25. The molecule has 3 heterocycles. The van der Waals surface area contributed by atoms with Gasteiger partial charge in [-0.15, -0.1) is 0 Å². The van der Waals surface area contributed by atoms with Gasteiger partial charge < -0.3 is 25.0 Å². The minimum Gasteiger partial charge on any atom is -0.383 e. The van der Waals surface area contributed by atoms with E-state index in [4.69, 9.17) is 15.2 Å². The minimum atomic E-state index is -0.118. The molecular formula is C16H25N5O3. The van der Waals surface area contributed by atoms with Crippen molar-refractivity contribution in [3.8, 4) is 0 Å². The molecule has 1 amide bonds. The van der Waals surface area contributed by atoms with Crippen molar-refractivity contribution in [1.82, 2.24) is 19.8 Å². The molecule has 2 aliphatic rings. The van der Waals surface area contributed by atoms with E-state index in [0.29, 0.717) is 24.5 Å². The molecule has 1 aromatic heterocycles. The van der Waals surface area contributed by atoms with Crippen LogP contribution >= 0.6 is 0 Å². The van der Waals surface area contributed by atoms with E-state index in [9.17, 15) is 4.79 Å². The molecule has 2 N–H and O–H groups in total. The zero-order valence-electron chi connectivity index (χ0n) is 14.3. The first-order chi connectivity index (χ1) is 11.6. The first kappa shape index (κ1) is 17.1. The van der Waals surface area contributed by atoms with Gasteiger partial charge in [0, 0.05) is 32.9 Å². The Hall–Kier alpha value is -1.77. The summed E-state index contributed by atoms with van der Waals surface area (Å²) in [5, 5.41) is 0. The Morgan fingerprint density at radius 2 is 2.33 bits per heavy atom. The number of ether oxygens (including phenoxy) is 2. The van der Waals surface area contributed by atoms with Crippen molar-refractivity contribution in [2.75, 3.05) is 45.6 Å². The smallest absolute Gasteiger partial charge is 0.259 e. The number of rotatable bonds is 4. The second-order valence-electron chi connectivity index (χ2n) is 6.18. The molecule has 2 aliphatic heterocycles. The molecule has 0 bridgehead atoms. The summed E-state index contributed by atoms with van der Waals surface area (Å²) in [5.74, 6) is 0.558. The summed E-state index contributed by atoms with van der Waals surface area (Å²) in [7, 11) is 1.56. The van der Waals surface area contributed by atoms with Crippen molar-refractivity contribution < 1.29 is 14.3 Å². The van der Waals surface area contributed by atoms with Gasteiger partial charge >= 0.3 is 0 Å². The van der Waals surface area contributed by atoms with E-state index < -0.39 is 0 Å². The molecule has 24 heavy (non-hydrogen) atoms. The average Bonchev–Trinajstić information content (AvgIpc) is 2.60. The van der Waals surface area contributed by atoms with Gasteiger partial charge in [-0.3, -0.25) is 4.79 Å². The van der Waals surface area contributed by atoms with Gasteiger partial charge in [0.05, 0.1) is 18.8 Å². The molecule has 2 saturated heterocycles. The number of methoxy groups -OCH3 is 1. The fourth-order valence-corrected chi connectivity index (χ4v) is 3.43. The van der Waals surface area contributed by atoms with Crippen LogP contribution in [0.25, 0.3) is 0 Å². The topological polar surface area (TPSA) is 93.8 Å². The summed E-state index contributed by atoms with van der Waals surface area (Å²) in [6.45, 7) is 6.34. The summed E-state index contributed by atoms with van der Waals surface area (Å²) in [5.41, 5.74) is 6.34. The van der Waals surface area contributed by atoms with Crippen LogP contribution in [0.15, 0.2) is 6.20 Å². The van der Waals surface area contributed by atoms with E-state index in [1.165, 1.54) is 6.20 Å². The lowest BCUT2D eigenvalue weighted by Crippen LogP contribution is -2.61. The van der Waals surface area contributed by atoms with E-state index in [-0.39, 0.29) is 30.5 Å². The molecule has 0 unspecified atom stereocenters. The summed E-state index contributed by atoms with van der Waals surface area (Å²) in [4.78, 5) is 25.6. The van der Waals surface area contributed by atoms with Crippen LogP contribution < -0.4 is 5.73 Å². The lowest BCUT2D eigenvalue weighted by molar-refractivity contribution is -0.0895. The monoisotopic (exact) mass is 335 g/mol.